The molecule has 0 radical (unpaired) electrons. The van der Waals surface area contributed by atoms with Crippen LogP contribution in [0.15, 0.2) is 17.3 Å². The highest BCUT2D eigenvalue weighted by atomic mass is 32.2. The Kier molecular flexibility index (Phi) is 4.83. The third-order valence-corrected chi connectivity index (χ3v) is 4.99. The van der Waals surface area contributed by atoms with Gasteiger partial charge in [0.2, 0.25) is 16.0 Å². The fraction of sp³-hybridized carbons (Fsp3) is 0.600. The van der Waals surface area contributed by atoms with Crippen LogP contribution in [0.2, 0.25) is 0 Å². The monoisotopic (exact) mass is 302 g/mol. The minimum Gasteiger partial charge on any atom is -0.395 e. The Morgan fingerprint density at radius 1 is 1.25 bits per heavy atom. The maximum atomic E-state index is 12.4. The van der Waals surface area contributed by atoms with Gasteiger partial charge in [-0.2, -0.15) is 4.31 Å². The molecule has 0 amide bonds. The van der Waals surface area contributed by atoms with Crippen molar-refractivity contribution in [2.24, 2.45) is 5.84 Å². The number of piperazine rings is 1. The van der Waals surface area contributed by atoms with E-state index in [-0.39, 0.29) is 17.5 Å². The van der Waals surface area contributed by atoms with Gasteiger partial charge in [0.15, 0.2) is 0 Å². The average Bonchev–Trinajstić information content (AvgIpc) is 2.48. The van der Waals surface area contributed by atoms with Crippen LogP contribution in [0, 0.1) is 0 Å². The zero-order chi connectivity index (χ0) is 14.6. The Bertz CT molecular complexity index is 526. The van der Waals surface area contributed by atoms with E-state index in [2.05, 4.69) is 15.4 Å². The van der Waals surface area contributed by atoms with Gasteiger partial charge >= 0.3 is 0 Å². The predicted molar refractivity (Wildman–Crippen MR) is 72.1 cm³/mol. The molecule has 112 valence electrons. The number of aliphatic hydroxyl groups is 1. The molecule has 2 heterocycles. The van der Waals surface area contributed by atoms with Gasteiger partial charge in [0.1, 0.15) is 4.90 Å². The Labute approximate surface area is 117 Å². The lowest BCUT2D eigenvalue weighted by Gasteiger charge is -2.33. The second-order valence-corrected chi connectivity index (χ2v) is 6.29. The van der Waals surface area contributed by atoms with Gasteiger partial charge in [-0.3, -0.25) is 10.3 Å². The summed E-state index contributed by atoms with van der Waals surface area (Å²) in [4.78, 5) is 9.68. The van der Waals surface area contributed by atoms with Crippen molar-refractivity contribution < 1.29 is 13.5 Å². The molecule has 0 aliphatic carbocycles. The topological polar surface area (TPSA) is 125 Å². The lowest BCUT2D eigenvalue weighted by atomic mass is 10.4. The Morgan fingerprint density at radius 2 is 1.85 bits per heavy atom. The summed E-state index contributed by atoms with van der Waals surface area (Å²) in [7, 11) is -3.57. The number of nitrogen functional groups attached to an aromatic ring is 1. The Balaban J connectivity index is 2.07. The average molecular weight is 302 g/mol. The van der Waals surface area contributed by atoms with Crippen molar-refractivity contribution >= 4 is 16.0 Å². The van der Waals surface area contributed by atoms with Crippen molar-refractivity contribution in [3.8, 4) is 0 Å². The molecule has 1 fully saturated rings. The molecule has 1 saturated heterocycles. The van der Waals surface area contributed by atoms with Gasteiger partial charge in [-0.25, -0.2) is 24.2 Å². The molecule has 0 spiro atoms. The number of aliphatic hydroxyl groups excluding tert-OH is 1. The normalized spacial score (nSPS) is 18.1. The molecule has 2 rings (SSSR count). The standard InChI is InChI=1S/C10H18N6O3S/c11-14-10-12-7-9(8-13-10)20(18,19)16-3-1-15(2-4-16)5-6-17/h7-8,17H,1-6,11H2,(H,12,13,14). The maximum absolute atomic E-state index is 12.4. The Morgan fingerprint density at radius 3 is 2.35 bits per heavy atom. The second kappa shape index (κ2) is 6.41. The summed E-state index contributed by atoms with van der Waals surface area (Å²) in [6.07, 6.45) is 2.47. The fourth-order valence-electron chi connectivity index (χ4n) is 2.01. The Hall–Kier alpha value is -1.33. The van der Waals surface area contributed by atoms with E-state index in [4.69, 9.17) is 10.9 Å². The van der Waals surface area contributed by atoms with Gasteiger partial charge in [0.05, 0.1) is 19.0 Å². The minimum atomic E-state index is -3.57. The van der Waals surface area contributed by atoms with Crippen LogP contribution in [-0.4, -0.2) is 72.0 Å². The second-order valence-electron chi connectivity index (χ2n) is 4.36. The number of sulfonamides is 1. The summed E-state index contributed by atoms with van der Waals surface area (Å²) < 4.78 is 26.2. The van der Waals surface area contributed by atoms with E-state index in [1.165, 1.54) is 16.7 Å². The van der Waals surface area contributed by atoms with Crippen molar-refractivity contribution in [3.63, 3.8) is 0 Å². The van der Waals surface area contributed by atoms with E-state index < -0.39 is 10.0 Å². The lowest BCUT2D eigenvalue weighted by molar-refractivity contribution is 0.151. The molecule has 9 nitrogen and oxygen atoms in total. The molecule has 0 atom stereocenters. The molecule has 1 aromatic rings. The van der Waals surface area contributed by atoms with Gasteiger partial charge in [0, 0.05) is 32.7 Å². The van der Waals surface area contributed by atoms with E-state index >= 15 is 0 Å². The summed E-state index contributed by atoms with van der Waals surface area (Å²) in [5.41, 5.74) is 2.24. The molecule has 0 saturated carbocycles. The number of β-amino-alcohol motifs (C(OH)–C–C–N with tert-alkyl or cyclic N) is 1. The van der Waals surface area contributed by atoms with Gasteiger partial charge in [-0.15, -0.1) is 0 Å². The summed E-state index contributed by atoms with van der Waals surface area (Å²) in [5.74, 6) is 5.30. The summed E-state index contributed by atoms with van der Waals surface area (Å²) in [6.45, 7) is 2.62. The zero-order valence-electron chi connectivity index (χ0n) is 10.9. The van der Waals surface area contributed by atoms with Crippen molar-refractivity contribution in [3.05, 3.63) is 12.4 Å². The minimum absolute atomic E-state index is 0.0482. The smallest absolute Gasteiger partial charge is 0.246 e. The van der Waals surface area contributed by atoms with Crippen LogP contribution < -0.4 is 11.3 Å². The molecule has 4 N–H and O–H groups in total. The number of nitrogens with one attached hydrogen (secondary N) is 1. The molecular formula is C10H18N6O3S. The largest absolute Gasteiger partial charge is 0.395 e. The first-order valence-electron chi connectivity index (χ1n) is 6.20. The number of aromatic nitrogens is 2. The molecular weight excluding hydrogens is 284 g/mol. The van der Waals surface area contributed by atoms with E-state index in [1.54, 1.807) is 0 Å². The first-order valence-corrected chi connectivity index (χ1v) is 7.64. The molecule has 0 unspecified atom stereocenters. The first-order chi connectivity index (χ1) is 9.57. The molecule has 10 heteroatoms. The van der Waals surface area contributed by atoms with Crippen LogP contribution in [-0.2, 0) is 10.0 Å². The number of hydrogen-bond acceptors (Lipinski definition) is 8. The van der Waals surface area contributed by atoms with Crippen LogP contribution in [0.3, 0.4) is 0 Å². The highest BCUT2D eigenvalue weighted by molar-refractivity contribution is 7.89. The summed E-state index contributed by atoms with van der Waals surface area (Å²) in [5, 5.41) is 8.87. The fourth-order valence-corrected chi connectivity index (χ4v) is 3.32. The van der Waals surface area contributed by atoms with Crippen molar-refractivity contribution in [1.29, 1.82) is 0 Å². The van der Waals surface area contributed by atoms with E-state index in [0.29, 0.717) is 32.7 Å². The lowest BCUT2D eigenvalue weighted by Crippen LogP contribution is -2.49. The molecule has 1 aliphatic heterocycles. The van der Waals surface area contributed by atoms with Gasteiger partial charge in [-0.05, 0) is 0 Å². The van der Waals surface area contributed by atoms with Gasteiger partial charge < -0.3 is 5.11 Å². The zero-order valence-corrected chi connectivity index (χ0v) is 11.8. The molecule has 20 heavy (non-hydrogen) atoms. The third kappa shape index (κ3) is 3.22. The molecule has 1 aromatic heterocycles. The van der Waals surface area contributed by atoms with E-state index in [0.717, 1.165) is 0 Å². The molecule has 1 aliphatic rings. The highest BCUT2D eigenvalue weighted by Gasteiger charge is 2.28. The van der Waals surface area contributed by atoms with Crippen LogP contribution in [0.1, 0.15) is 0 Å². The predicted octanol–water partition coefficient (Wildman–Crippen LogP) is -1.94. The van der Waals surface area contributed by atoms with Crippen LogP contribution in [0.25, 0.3) is 0 Å². The van der Waals surface area contributed by atoms with Crippen molar-refractivity contribution in [2.75, 3.05) is 44.8 Å². The first kappa shape index (κ1) is 15.1. The molecule has 0 aromatic carbocycles. The van der Waals surface area contributed by atoms with E-state index in [9.17, 15) is 8.42 Å². The quantitative estimate of drug-likeness (QED) is 0.424. The van der Waals surface area contributed by atoms with Gasteiger partial charge in [0.25, 0.3) is 0 Å². The van der Waals surface area contributed by atoms with Crippen LogP contribution in [0.4, 0.5) is 5.95 Å². The number of nitrogens with zero attached hydrogens (tertiary/aromatic N) is 4. The third-order valence-electron chi connectivity index (χ3n) is 3.14. The van der Waals surface area contributed by atoms with Gasteiger partial charge in [-0.1, -0.05) is 0 Å². The van der Waals surface area contributed by atoms with Crippen molar-refractivity contribution in [1.82, 2.24) is 19.2 Å². The SMILES string of the molecule is NNc1ncc(S(=O)(=O)N2CCN(CCO)CC2)cn1. The molecule has 0 bridgehead atoms. The number of hydrogen-bond donors (Lipinski definition) is 3. The number of anilines is 1. The maximum Gasteiger partial charge on any atom is 0.246 e. The van der Waals surface area contributed by atoms with Crippen molar-refractivity contribution in [2.45, 2.75) is 4.90 Å². The summed E-state index contributed by atoms with van der Waals surface area (Å²) >= 11 is 0. The number of rotatable bonds is 5. The van der Waals surface area contributed by atoms with Crippen LogP contribution in [0.5, 0.6) is 0 Å². The van der Waals surface area contributed by atoms with Crippen LogP contribution >= 0.6 is 0 Å². The number of hydrazine groups is 1. The highest BCUT2D eigenvalue weighted by Crippen LogP contribution is 2.16. The number of nitrogens with two attached hydrogens (primary N) is 1. The van der Waals surface area contributed by atoms with E-state index in [1.807, 2.05) is 4.90 Å². The summed E-state index contributed by atoms with van der Waals surface area (Å²) in [6, 6.07) is 0.